The highest BCUT2D eigenvalue weighted by Gasteiger charge is 2.40. The number of pyridine rings is 1. The van der Waals surface area contributed by atoms with E-state index in [-0.39, 0.29) is 30.4 Å². The second-order valence-electron chi connectivity index (χ2n) is 7.69. The van der Waals surface area contributed by atoms with Gasteiger partial charge in [0.2, 0.25) is 0 Å². The molecule has 0 bridgehead atoms. The molecule has 1 amide bonds. The molecule has 170 valence electrons. The van der Waals surface area contributed by atoms with Gasteiger partial charge in [0.1, 0.15) is 23.7 Å². The third kappa shape index (κ3) is 4.28. The molecule has 1 saturated heterocycles. The number of benzene rings is 1. The molecule has 0 saturated carbocycles. The zero-order valence-electron chi connectivity index (χ0n) is 17.2. The molecule has 1 aliphatic heterocycles. The lowest BCUT2D eigenvalue weighted by atomic mass is 9.92. The number of nitrogens with one attached hydrogen (secondary N) is 1. The zero-order chi connectivity index (χ0) is 22.9. The monoisotopic (exact) mass is 450 g/mol. The number of aliphatic hydroxyl groups excluding tert-OH is 1. The predicted octanol–water partition coefficient (Wildman–Crippen LogP) is 3.62. The Morgan fingerprint density at radius 3 is 2.75 bits per heavy atom. The number of nitrogens with zero attached hydrogens (tertiary/aromatic N) is 1. The largest absolute Gasteiger partial charge is 0.489 e. The average molecular weight is 450 g/mol. The Balaban J connectivity index is 1.58. The Morgan fingerprint density at radius 2 is 2.09 bits per heavy atom. The number of alkyl halides is 3. The van der Waals surface area contributed by atoms with Crippen molar-refractivity contribution in [2.75, 3.05) is 19.8 Å². The smallest absolute Gasteiger partial charge is 0.433 e. The van der Waals surface area contributed by atoms with Crippen molar-refractivity contribution >= 4 is 16.9 Å². The van der Waals surface area contributed by atoms with E-state index in [1.807, 2.05) is 0 Å². The number of aliphatic hydroxyl groups is 1. The summed E-state index contributed by atoms with van der Waals surface area (Å²) in [5.74, 6) is 0.281. The van der Waals surface area contributed by atoms with Crippen LogP contribution in [0.3, 0.4) is 0 Å². The molecule has 1 aliphatic rings. The van der Waals surface area contributed by atoms with Crippen LogP contribution in [0.15, 0.2) is 40.9 Å². The maximum Gasteiger partial charge on any atom is 0.433 e. The van der Waals surface area contributed by atoms with Gasteiger partial charge in [0, 0.05) is 23.8 Å². The highest BCUT2D eigenvalue weighted by Crippen LogP contribution is 2.33. The molecule has 0 unspecified atom stereocenters. The fourth-order valence-electron chi connectivity index (χ4n) is 3.69. The molecular formula is C22H21F3N2O5. The second-order valence-corrected chi connectivity index (χ2v) is 7.69. The molecule has 1 fully saturated rings. The number of carbonyl (C=O) groups excluding carboxylic acids is 1. The van der Waals surface area contributed by atoms with Crippen LogP contribution >= 0.6 is 0 Å². The molecule has 0 aliphatic carbocycles. The van der Waals surface area contributed by atoms with Crippen LogP contribution in [0, 0.1) is 6.92 Å². The normalized spacial score (nSPS) is 15.4. The van der Waals surface area contributed by atoms with E-state index >= 15 is 0 Å². The van der Waals surface area contributed by atoms with Crippen LogP contribution in [-0.4, -0.2) is 41.4 Å². The number of amides is 1. The van der Waals surface area contributed by atoms with Crippen molar-refractivity contribution in [3.63, 3.8) is 0 Å². The van der Waals surface area contributed by atoms with E-state index in [0.29, 0.717) is 41.9 Å². The summed E-state index contributed by atoms with van der Waals surface area (Å²) in [5, 5.41) is 12.7. The first-order valence-electron chi connectivity index (χ1n) is 9.91. The SMILES string of the molecule is Cc1oc2ccc(OCc3cccnc3C(F)(F)F)cc2c1C(=O)NC1(CCO)COC1. The molecule has 0 radical (unpaired) electrons. The van der Waals surface area contributed by atoms with Crippen LogP contribution < -0.4 is 10.1 Å². The Morgan fingerprint density at radius 1 is 1.31 bits per heavy atom. The molecular weight excluding hydrogens is 429 g/mol. The average Bonchev–Trinajstić information content (AvgIpc) is 3.05. The summed E-state index contributed by atoms with van der Waals surface area (Å²) in [6.45, 7) is 1.81. The number of rotatable bonds is 7. The Labute approximate surface area is 181 Å². The van der Waals surface area contributed by atoms with Crippen molar-refractivity contribution in [1.29, 1.82) is 0 Å². The summed E-state index contributed by atoms with van der Waals surface area (Å²) in [7, 11) is 0. The molecule has 7 nitrogen and oxygen atoms in total. The lowest BCUT2D eigenvalue weighted by molar-refractivity contribution is -0.142. The van der Waals surface area contributed by atoms with Crippen molar-refractivity contribution in [3.05, 3.63) is 59.1 Å². The molecule has 10 heteroatoms. The number of furan rings is 1. The van der Waals surface area contributed by atoms with Crippen LogP contribution in [0.25, 0.3) is 11.0 Å². The summed E-state index contributed by atoms with van der Waals surface area (Å²) in [6.07, 6.45) is -3.16. The van der Waals surface area contributed by atoms with E-state index in [2.05, 4.69) is 10.3 Å². The molecule has 2 N–H and O–H groups in total. The maximum atomic E-state index is 13.2. The van der Waals surface area contributed by atoms with Gasteiger partial charge in [-0.1, -0.05) is 6.07 Å². The quantitative estimate of drug-likeness (QED) is 0.571. The number of hydrogen-bond acceptors (Lipinski definition) is 6. The number of fused-ring (bicyclic) bond motifs is 1. The van der Waals surface area contributed by atoms with Crippen molar-refractivity contribution in [3.8, 4) is 5.75 Å². The van der Waals surface area contributed by atoms with Crippen molar-refractivity contribution in [2.45, 2.75) is 31.7 Å². The van der Waals surface area contributed by atoms with Crippen LogP contribution in [0.5, 0.6) is 5.75 Å². The Kier molecular flexibility index (Phi) is 5.83. The Bertz CT molecular complexity index is 1140. The number of ether oxygens (including phenoxy) is 2. The minimum absolute atomic E-state index is 0.0962. The fraction of sp³-hybridized carbons (Fsp3) is 0.364. The maximum absolute atomic E-state index is 13.2. The third-order valence-corrected chi connectivity index (χ3v) is 5.34. The van der Waals surface area contributed by atoms with Crippen molar-refractivity contribution in [2.24, 2.45) is 0 Å². The van der Waals surface area contributed by atoms with Crippen molar-refractivity contribution < 1.29 is 37.0 Å². The predicted molar refractivity (Wildman–Crippen MR) is 107 cm³/mol. The number of aromatic nitrogens is 1. The second kappa shape index (κ2) is 8.44. The molecule has 0 atom stereocenters. The van der Waals surface area contributed by atoms with Gasteiger partial charge in [-0.2, -0.15) is 13.2 Å². The van der Waals surface area contributed by atoms with E-state index in [4.69, 9.17) is 13.9 Å². The third-order valence-electron chi connectivity index (χ3n) is 5.34. The number of aryl methyl sites for hydroxylation is 1. The first-order chi connectivity index (χ1) is 15.2. The first-order valence-corrected chi connectivity index (χ1v) is 9.91. The summed E-state index contributed by atoms with van der Waals surface area (Å²) in [4.78, 5) is 16.4. The first kappa shape index (κ1) is 22.1. The summed E-state index contributed by atoms with van der Waals surface area (Å²) in [6, 6.07) is 7.42. The Hall–Kier alpha value is -3.11. The fourth-order valence-corrected chi connectivity index (χ4v) is 3.69. The van der Waals surface area contributed by atoms with Gasteiger partial charge >= 0.3 is 6.18 Å². The zero-order valence-corrected chi connectivity index (χ0v) is 17.2. The van der Waals surface area contributed by atoms with Crippen LogP contribution in [-0.2, 0) is 17.5 Å². The molecule has 3 aromatic rings. The van der Waals surface area contributed by atoms with E-state index in [1.54, 1.807) is 25.1 Å². The van der Waals surface area contributed by atoms with Gasteiger partial charge < -0.3 is 24.3 Å². The van der Waals surface area contributed by atoms with Crippen molar-refractivity contribution in [1.82, 2.24) is 10.3 Å². The molecule has 0 spiro atoms. The molecule has 3 heterocycles. The highest BCUT2D eigenvalue weighted by molar-refractivity contribution is 6.07. The highest BCUT2D eigenvalue weighted by atomic mass is 19.4. The van der Waals surface area contributed by atoms with Gasteiger partial charge in [-0.15, -0.1) is 0 Å². The number of carbonyl (C=O) groups is 1. The standard InChI is InChI=1S/C22H21F3N2O5/c1-13-18(20(29)27-21(6-8-28)11-30-12-21)16-9-15(4-5-17(16)32-13)31-10-14-3-2-7-26-19(14)22(23,24)25/h2-5,7,9,28H,6,8,10-12H2,1H3,(H,27,29). The lowest BCUT2D eigenvalue weighted by Crippen LogP contribution is -2.62. The molecule has 2 aromatic heterocycles. The summed E-state index contributed by atoms with van der Waals surface area (Å²) >= 11 is 0. The van der Waals surface area contributed by atoms with Crippen LogP contribution in [0.4, 0.5) is 13.2 Å². The van der Waals surface area contributed by atoms with E-state index in [0.717, 1.165) is 6.20 Å². The van der Waals surface area contributed by atoms with Gasteiger partial charge in [0.05, 0.1) is 24.3 Å². The van der Waals surface area contributed by atoms with Gasteiger partial charge in [-0.3, -0.25) is 9.78 Å². The van der Waals surface area contributed by atoms with E-state index < -0.39 is 17.4 Å². The minimum Gasteiger partial charge on any atom is -0.489 e. The minimum atomic E-state index is -4.59. The summed E-state index contributed by atoms with van der Waals surface area (Å²) < 4.78 is 55.9. The van der Waals surface area contributed by atoms with E-state index in [1.165, 1.54) is 12.1 Å². The summed E-state index contributed by atoms with van der Waals surface area (Å²) in [5.41, 5.74) is -0.996. The topological polar surface area (TPSA) is 93.8 Å². The van der Waals surface area contributed by atoms with E-state index in [9.17, 15) is 23.1 Å². The molecule has 1 aromatic carbocycles. The molecule has 32 heavy (non-hydrogen) atoms. The van der Waals surface area contributed by atoms with Gasteiger partial charge in [0.25, 0.3) is 5.91 Å². The van der Waals surface area contributed by atoms with Crippen LogP contribution in [0.1, 0.15) is 33.8 Å². The van der Waals surface area contributed by atoms with Gasteiger partial charge in [0.15, 0.2) is 5.69 Å². The molecule has 4 rings (SSSR count). The van der Waals surface area contributed by atoms with Gasteiger partial charge in [-0.25, -0.2) is 0 Å². The van der Waals surface area contributed by atoms with Gasteiger partial charge in [-0.05, 0) is 37.6 Å². The van der Waals surface area contributed by atoms with Crippen LogP contribution in [0.2, 0.25) is 0 Å². The number of halogens is 3. The number of hydrogen-bond donors (Lipinski definition) is 2. The lowest BCUT2D eigenvalue weighted by Gasteiger charge is -2.41.